The Morgan fingerprint density at radius 1 is 1.56 bits per heavy atom. The molecule has 2 atom stereocenters. The molecule has 4 heteroatoms. The number of halogens is 1. The van der Waals surface area contributed by atoms with Crippen LogP contribution < -0.4 is 4.90 Å². The summed E-state index contributed by atoms with van der Waals surface area (Å²) in [6.07, 6.45) is 0.697. The van der Waals surface area contributed by atoms with Gasteiger partial charge in [-0.25, -0.2) is 0 Å². The maximum Gasteiger partial charge on any atom is 0.308 e. The Bertz CT molecular complexity index is 408. The van der Waals surface area contributed by atoms with Gasteiger partial charge in [-0.05, 0) is 31.5 Å². The van der Waals surface area contributed by atoms with E-state index in [1.54, 1.807) is 0 Å². The molecule has 1 aromatic carbocycles. The molecule has 1 aliphatic rings. The summed E-state index contributed by atoms with van der Waals surface area (Å²) < 4.78 is 0. The second kappa shape index (κ2) is 4.34. The maximum atomic E-state index is 11.0. The van der Waals surface area contributed by atoms with Crippen molar-refractivity contribution in [1.29, 1.82) is 0 Å². The van der Waals surface area contributed by atoms with E-state index < -0.39 is 5.97 Å². The summed E-state index contributed by atoms with van der Waals surface area (Å²) in [5.74, 6) is -0.990. The van der Waals surface area contributed by atoms with Crippen LogP contribution in [0.3, 0.4) is 0 Å². The Balaban J connectivity index is 2.21. The fourth-order valence-electron chi connectivity index (χ4n) is 2.29. The van der Waals surface area contributed by atoms with Crippen molar-refractivity contribution in [2.75, 3.05) is 11.4 Å². The van der Waals surface area contributed by atoms with E-state index >= 15 is 0 Å². The van der Waals surface area contributed by atoms with Crippen molar-refractivity contribution in [3.05, 3.63) is 29.3 Å². The monoisotopic (exact) mass is 239 g/mol. The van der Waals surface area contributed by atoms with Gasteiger partial charge in [0, 0.05) is 23.3 Å². The zero-order chi connectivity index (χ0) is 11.7. The molecule has 1 aromatic rings. The smallest absolute Gasteiger partial charge is 0.308 e. The molecule has 1 heterocycles. The number of benzene rings is 1. The first-order chi connectivity index (χ1) is 7.59. The molecule has 1 fully saturated rings. The van der Waals surface area contributed by atoms with Gasteiger partial charge in [0.15, 0.2) is 0 Å². The molecule has 3 nitrogen and oxygen atoms in total. The number of rotatable bonds is 2. The van der Waals surface area contributed by atoms with E-state index in [0.29, 0.717) is 11.4 Å². The minimum atomic E-state index is -0.711. The van der Waals surface area contributed by atoms with Crippen molar-refractivity contribution >= 4 is 23.3 Å². The molecule has 1 saturated heterocycles. The van der Waals surface area contributed by atoms with Gasteiger partial charge in [0.25, 0.3) is 0 Å². The first kappa shape index (κ1) is 11.3. The van der Waals surface area contributed by atoms with Crippen LogP contribution in [0.2, 0.25) is 5.02 Å². The summed E-state index contributed by atoms with van der Waals surface area (Å²) in [6, 6.07) is 7.57. The third kappa shape index (κ3) is 2.00. The van der Waals surface area contributed by atoms with Crippen LogP contribution >= 0.6 is 11.6 Å². The lowest BCUT2D eigenvalue weighted by Crippen LogP contribution is -2.32. The van der Waals surface area contributed by atoms with Gasteiger partial charge in [0.05, 0.1) is 5.92 Å². The summed E-state index contributed by atoms with van der Waals surface area (Å²) in [7, 11) is 0. The Labute approximate surface area is 99.6 Å². The van der Waals surface area contributed by atoms with Gasteiger partial charge in [0.1, 0.15) is 0 Å². The van der Waals surface area contributed by atoms with Crippen molar-refractivity contribution in [1.82, 2.24) is 0 Å². The van der Waals surface area contributed by atoms with Crippen molar-refractivity contribution in [2.24, 2.45) is 5.92 Å². The highest BCUT2D eigenvalue weighted by molar-refractivity contribution is 6.30. The van der Waals surface area contributed by atoms with Gasteiger partial charge in [-0.2, -0.15) is 0 Å². The Hall–Kier alpha value is -1.22. The molecule has 0 aliphatic carbocycles. The molecular formula is C12H14ClNO2. The largest absolute Gasteiger partial charge is 0.481 e. The molecule has 1 N–H and O–H groups in total. The van der Waals surface area contributed by atoms with E-state index in [2.05, 4.69) is 4.90 Å². The molecule has 16 heavy (non-hydrogen) atoms. The van der Waals surface area contributed by atoms with E-state index in [1.165, 1.54) is 0 Å². The van der Waals surface area contributed by atoms with Gasteiger partial charge in [0.2, 0.25) is 0 Å². The van der Waals surface area contributed by atoms with E-state index in [1.807, 2.05) is 31.2 Å². The zero-order valence-corrected chi connectivity index (χ0v) is 9.81. The maximum absolute atomic E-state index is 11.0. The van der Waals surface area contributed by atoms with Gasteiger partial charge >= 0.3 is 5.97 Å². The molecule has 0 spiro atoms. The Morgan fingerprint density at radius 3 is 2.88 bits per heavy atom. The first-order valence-corrected chi connectivity index (χ1v) is 5.72. The fraction of sp³-hybridized carbons (Fsp3) is 0.417. The molecule has 86 valence electrons. The Kier molecular flexibility index (Phi) is 3.06. The molecule has 2 unspecified atom stereocenters. The van der Waals surface area contributed by atoms with Crippen LogP contribution in [0.15, 0.2) is 24.3 Å². The predicted molar refractivity (Wildman–Crippen MR) is 64.0 cm³/mol. The van der Waals surface area contributed by atoms with Crippen molar-refractivity contribution < 1.29 is 9.90 Å². The van der Waals surface area contributed by atoms with Crippen LogP contribution in [0.5, 0.6) is 0 Å². The van der Waals surface area contributed by atoms with Crippen LogP contribution in [0, 0.1) is 5.92 Å². The summed E-state index contributed by atoms with van der Waals surface area (Å²) in [4.78, 5) is 13.1. The topological polar surface area (TPSA) is 40.5 Å². The Morgan fingerprint density at radius 2 is 2.31 bits per heavy atom. The molecule has 0 aromatic heterocycles. The van der Waals surface area contributed by atoms with Crippen LogP contribution in [-0.4, -0.2) is 23.7 Å². The fourth-order valence-corrected chi connectivity index (χ4v) is 2.47. The van der Waals surface area contributed by atoms with E-state index in [4.69, 9.17) is 16.7 Å². The van der Waals surface area contributed by atoms with Gasteiger partial charge in [-0.1, -0.05) is 17.7 Å². The standard InChI is InChI=1S/C12H14ClNO2/c1-8-11(12(15)16)5-6-14(8)10-4-2-3-9(13)7-10/h2-4,7-8,11H,5-6H2,1H3,(H,15,16). The summed E-state index contributed by atoms with van der Waals surface area (Å²) in [5, 5.41) is 9.73. The lowest BCUT2D eigenvalue weighted by molar-refractivity contribution is -0.141. The van der Waals surface area contributed by atoms with Crippen LogP contribution in [0.25, 0.3) is 0 Å². The molecular weight excluding hydrogens is 226 g/mol. The summed E-state index contributed by atoms with van der Waals surface area (Å²) >= 11 is 5.93. The van der Waals surface area contributed by atoms with Crippen molar-refractivity contribution in [3.63, 3.8) is 0 Å². The lowest BCUT2D eigenvalue weighted by atomic mass is 10.0. The molecule has 2 rings (SSSR count). The van der Waals surface area contributed by atoms with E-state index in [9.17, 15) is 4.79 Å². The third-order valence-electron chi connectivity index (χ3n) is 3.21. The third-order valence-corrected chi connectivity index (χ3v) is 3.45. The molecule has 0 saturated carbocycles. The second-order valence-electron chi connectivity index (χ2n) is 4.15. The normalized spacial score (nSPS) is 24.8. The van der Waals surface area contributed by atoms with Crippen LogP contribution in [0.1, 0.15) is 13.3 Å². The average molecular weight is 240 g/mol. The van der Waals surface area contributed by atoms with E-state index in [-0.39, 0.29) is 12.0 Å². The zero-order valence-electron chi connectivity index (χ0n) is 9.06. The number of nitrogens with zero attached hydrogens (tertiary/aromatic N) is 1. The highest BCUT2D eigenvalue weighted by Crippen LogP contribution is 2.31. The molecule has 1 aliphatic heterocycles. The quantitative estimate of drug-likeness (QED) is 0.863. The van der Waals surface area contributed by atoms with Gasteiger partial charge < -0.3 is 10.0 Å². The lowest BCUT2D eigenvalue weighted by Gasteiger charge is -2.25. The number of hydrogen-bond acceptors (Lipinski definition) is 2. The molecule has 0 amide bonds. The number of carboxylic acids is 1. The second-order valence-corrected chi connectivity index (χ2v) is 4.58. The first-order valence-electron chi connectivity index (χ1n) is 5.34. The highest BCUT2D eigenvalue weighted by atomic mass is 35.5. The number of hydrogen-bond donors (Lipinski definition) is 1. The number of carboxylic acid groups (broad SMARTS) is 1. The minimum absolute atomic E-state index is 0.0240. The van der Waals surface area contributed by atoms with Gasteiger partial charge in [-0.15, -0.1) is 0 Å². The summed E-state index contributed by atoms with van der Waals surface area (Å²) in [6.45, 7) is 2.73. The molecule has 0 radical (unpaired) electrons. The van der Waals surface area contributed by atoms with E-state index in [0.717, 1.165) is 12.2 Å². The van der Waals surface area contributed by atoms with Crippen LogP contribution in [0.4, 0.5) is 5.69 Å². The van der Waals surface area contributed by atoms with Crippen molar-refractivity contribution in [2.45, 2.75) is 19.4 Å². The number of aliphatic carboxylic acids is 1. The number of anilines is 1. The summed E-state index contributed by atoms with van der Waals surface area (Å²) in [5.41, 5.74) is 1.00. The molecule has 0 bridgehead atoms. The van der Waals surface area contributed by atoms with Gasteiger partial charge in [-0.3, -0.25) is 4.79 Å². The van der Waals surface area contributed by atoms with Crippen LogP contribution in [-0.2, 0) is 4.79 Å². The SMILES string of the molecule is CC1C(C(=O)O)CCN1c1cccc(Cl)c1. The van der Waals surface area contributed by atoms with Crippen molar-refractivity contribution in [3.8, 4) is 0 Å². The number of carbonyl (C=O) groups is 1. The predicted octanol–water partition coefficient (Wildman–Crippen LogP) is 2.64. The average Bonchev–Trinajstić information content (AvgIpc) is 2.60. The highest BCUT2D eigenvalue weighted by Gasteiger charge is 2.35. The minimum Gasteiger partial charge on any atom is -0.481 e.